The van der Waals surface area contributed by atoms with E-state index in [1.165, 1.54) is 48.0 Å². The van der Waals surface area contributed by atoms with Gasteiger partial charge in [-0.15, -0.1) is 11.3 Å². The highest BCUT2D eigenvalue weighted by molar-refractivity contribution is 7.25. The maximum atomic E-state index is 6.55. The van der Waals surface area contributed by atoms with Gasteiger partial charge in [0.25, 0.3) is 0 Å². The predicted octanol–water partition coefficient (Wildman–Crippen LogP) is 15.1. The van der Waals surface area contributed by atoms with E-state index in [-0.39, 0.29) is 5.92 Å². The highest BCUT2D eigenvalue weighted by atomic mass is 32.1. The number of furan rings is 1. The first-order valence-corrected chi connectivity index (χ1v) is 20.3. The number of hydrogen-bond donors (Lipinski definition) is 0. The van der Waals surface area contributed by atoms with Crippen molar-refractivity contribution in [3.8, 4) is 22.6 Å². The van der Waals surface area contributed by atoms with Crippen molar-refractivity contribution in [2.24, 2.45) is 0 Å². The van der Waals surface area contributed by atoms with Crippen molar-refractivity contribution in [1.29, 1.82) is 0 Å². The first-order valence-electron chi connectivity index (χ1n) is 19.5. The van der Waals surface area contributed by atoms with Gasteiger partial charge in [-0.25, -0.2) is 4.98 Å². The zero-order valence-electron chi connectivity index (χ0n) is 31.0. The summed E-state index contributed by atoms with van der Waals surface area (Å²) in [5.41, 5.74) is 14.1. The Morgan fingerprint density at radius 1 is 0.526 bits per heavy atom. The van der Waals surface area contributed by atoms with Crippen LogP contribution < -0.4 is 4.90 Å². The highest BCUT2D eigenvalue weighted by Gasteiger charge is 2.33. The summed E-state index contributed by atoms with van der Waals surface area (Å²) in [6.07, 6.45) is 0. The number of nitrogens with zero attached hydrogens (tertiary/aromatic N) is 2. The second-order valence-corrected chi connectivity index (χ2v) is 16.2. The number of oxazole rings is 1. The maximum absolute atomic E-state index is 6.55. The van der Waals surface area contributed by atoms with Crippen LogP contribution in [-0.2, 0) is 0 Å². The van der Waals surface area contributed by atoms with Gasteiger partial charge < -0.3 is 13.7 Å². The molecule has 0 amide bonds. The number of hydrogen-bond acceptors (Lipinski definition) is 5. The lowest BCUT2D eigenvalue weighted by molar-refractivity contribution is 0.622. The Kier molecular flexibility index (Phi) is 7.10. The molecule has 3 aromatic heterocycles. The molecule has 12 rings (SSSR count). The van der Waals surface area contributed by atoms with Crippen LogP contribution in [0.25, 0.3) is 75.8 Å². The van der Waals surface area contributed by atoms with Crippen LogP contribution in [0.3, 0.4) is 0 Å². The van der Waals surface area contributed by atoms with E-state index in [0.717, 1.165) is 55.7 Å². The number of aromatic nitrogens is 1. The van der Waals surface area contributed by atoms with Gasteiger partial charge in [0.1, 0.15) is 16.7 Å². The second-order valence-electron chi connectivity index (χ2n) is 15.1. The van der Waals surface area contributed by atoms with Gasteiger partial charge in [0.2, 0.25) is 5.89 Å². The van der Waals surface area contributed by atoms with E-state index in [4.69, 9.17) is 13.8 Å². The Labute approximate surface area is 332 Å². The molecule has 0 fully saturated rings. The van der Waals surface area contributed by atoms with Crippen LogP contribution in [0, 0.1) is 0 Å². The third-order valence-corrected chi connectivity index (χ3v) is 13.1. The minimum Gasteiger partial charge on any atom is -0.456 e. The van der Waals surface area contributed by atoms with Crippen LogP contribution in [0.1, 0.15) is 35.4 Å². The van der Waals surface area contributed by atoms with Crippen LogP contribution in [0.2, 0.25) is 0 Å². The Balaban J connectivity index is 1.02. The lowest BCUT2D eigenvalue weighted by Crippen LogP contribution is -2.18. The first-order chi connectivity index (χ1) is 28.2. The average molecular weight is 751 g/mol. The summed E-state index contributed by atoms with van der Waals surface area (Å²) < 4.78 is 15.3. The predicted molar refractivity (Wildman–Crippen MR) is 236 cm³/mol. The zero-order valence-corrected chi connectivity index (χ0v) is 31.8. The van der Waals surface area contributed by atoms with E-state index in [2.05, 4.69) is 157 Å². The van der Waals surface area contributed by atoms with E-state index in [1.54, 1.807) is 0 Å². The summed E-state index contributed by atoms with van der Waals surface area (Å²) in [4.78, 5) is 7.35. The van der Waals surface area contributed by atoms with Crippen molar-refractivity contribution >= 4 is 81.6 Å². The lowest BCUT2D eigenvalue weighted by atomic mass is 9.69. The van der Waals surface area contributed by atoms with E-state index in [1.807, 2.05) is 41.7 Å². The quantitative estimate of drug-likeness (QED) is 0.176. The molecule has 2 atom stereocenters. The number of rotatable bonds is 5. The third kappa shape index (κ3) is 5.02. The van der Waals surface area contributed by atoms with E-state index < -0.39 is 0 Å². The molecule has 4 nitrogen and oxygen atoms in total. The van der Waals surface area contributed by atoms with Crippen LogP contribution in [-0.4, -0.2) is 4.98 Å². The van der Waals surface area contributed by atoms with Crippen molar-refractivity contribution in [3.05, 3.63) is 193 Å². The van der Waals surface area contributed by atoms with E-state index in [0.29, 0.717) is 11.8 Å². The van der Waals surface area contributed by atoms with E-state index >= 15 is 0 Å². The molecular formula is C52H34N2O2S. The van der Waals surface area contributed by atoms with Gasteiger partial charge in [-0.3, -0.25) is 0 Å². The Morgan fingerprint density at radius 3 is 2.12 bits per heavy atom. The van der Waals surface area contributed by atoms with Crippen LogP contribution in [0.15, 0.2) is 185 Å². The molecule has 0 N–H and O–H groups in total. The molecule has 1 unspecified atom stereocenters. The highest BCUT2D eigenvalue weighted by Crippen LogP contribution is 2.52. The van der Waals surface area contributed by atoms with Gasteiger partial charge in [0.15, 0.2) is 5.58 Å². The number of fused-ring (bicyclic) bond motifs is 11. The van der Waals surface area contributed by atoms with Gasteiger partial charge in [-0.2, -0.15) is 0 Å². The largest absolute Gasteiger partial charge is 0.456 e. The number of anilines is 3. The van der Waals surface area contributed by atoms with Crippen molar-refractivity contribution in [1.82, 2.24) is 4.98 Å². The molecule has 1 aliphatic rings. The second kappa shape index (κ2) is 12.5. The molecule has 0 aliphatic heterocycles. The Bertz CT molecular complexity index is 3340. The van der Waals surface area contributed by atoms with Crippen LogP contribution in [0.4, 0.5) is 17.1 Å². The van der Waals surface area contributed by atoms with Crippen molar-refractivity contribution < 1.29 is 8.83 Å². The molecule has 5 heteroatoms. The molecule has 0 bridgehead atoms. The van der Waals surface area contributed by atoms with Crippen LogP contribution in [0.5, 0.6) is 0 Å². The average Bonchev–Trinajstić information content (AvgIpc) is 3.98. The molecular weight excluding hydrogens is 717 g/mol. The van der Waals surface area contributed by atoms with Crippen molar-refractivity contribution in [2.75, 3.05) is 4.90 Å². The number of thiophene rings is 1. The summed E-state index contributed by atoms with van der Waals surface area (Å²) in [7, 11) is 0. The van der Waals surface area contributed by atoms with E-state index in [9.17, 15) is 0 Å². The summed E-state index contributed by atoms with van der Waals surface area (Å²) in [5, 5.41) is 4.57. The molecule has 11 aromatic rings. The normalized spacial score (nSPS) is 15.1. The van der Waals surface area contributed by atoms with Gasteiger partial charge in [0, 0.05) is 54.1 Å². The van der Waals surface area contributed by atoms with Crippen LogP contribution >= 0.6 is 11.3 Å². The molecule has 0 saturated heterocycles. The zero-order chi connectivity index (χ0) is 37.6. The Morgan fingerprint density at radius 2 is 1.23 bits per heavy atom. The third-order valence-electron chi connectivity index (χ3n) is 11.9. The van der Waals surface area contributed by atoms with Gasteiger partial charge in [-0.05, 0) is 107 Å². The van der Waals surface area contributed by atoms with Gasteiger partial charge in [0.05, 0.1) is 5.39 Å². The molecule has 1 aliphatic carbocycles. The molecule has 57 heavy (non-hydrogen) atoms. The first kappa shape index (κ1) is 32.3. The smallest absolute Gasteiger partial charge is 0.227 e. The number of para-hydroxylation sites is 1. The maximum Gasteiger partial charge on any atom is 0.227 e. The molecule has 3 heterocycles. The fraction of sp³-hybridized carbons (Fsp3) is 0.0577. The minimum absolute atomic E-state index is 0.211. The molecule has 0 spiro atoms. The molecule has 8 aromatic carbocycles. The summed E-state index contributed by atoms with van der Waals surface area (Å²) in [6.45, 7) is 2.38. The fourth-order valence-corrected chi connectivity index (χ4v) is 10.4. The molecule has 270 valence electrons. The minimum atomic E-state index is 0.211. The SMILES string of the molecule is CC1c2ccccc2-c2ccc(N(c3ccc(-c4nc5ccc6oc7ccccc7c6c5o4)cc3)c3ccc4c(c3)sc3ccccc34)cc2[C@H]1c1ccccc1. The number of benzene rings is 8. The molecule has 0 saturated carbocycles. The summed E-state index contributed by atoms with van der Waals surface area (Å²) in [5.74, 6) is 1.11. The Hall–Kier alpha value is -6.95. The fourth-order valence-electron chi connectivity index (χ4n) is 9.28. The summed E-state index contributed by atoms with van der Waals surface area (Å²) >= 11 is 1.85. The van der Waals surface area contributed by atoms with Crippen molar-refractivity contribution in [2.45, 2.75) is 18.8 Å². The topological polar surface area (TPSA) is 42.4 Å². The lowest BCUT2D eigenvalue weighted by Gasteiger charge is -2.35. The molecule has 0 radical (unpaired) electrons. The van der Waals surface area contributed by atoms with Gasteiger partial charge >= 0.3 is 0 Å². The monoisotopic (exact) mass is 750 g/mol. The van der Waals surface area contributed by atoms with Crippen molar-refractivity contribution in [3.63, 3.8) is 0 Å². The summed E-state index contributed by atoms with van der Waals surface area (Å²) in [6, 6.07) is 63.2. The standard InChI is InChI=1S/C52H34N2O2S/c1-31-37-13-5-6-14-38(37)39-25-23-35(29-43(39)49(31)32-11-3-2-4-12-32)54(36-24-26-41-40-15-8-10-18-47(40)57-48(41)30-36)34-21-19-33(20-22-34)52-53-44-27-28-46-50(51(44)56-52)42-16-7-9-17-45(42)55-46/h2-31,49H,1H3/t31?,49-/m1/s1. The van der Waals surface area contributed by atoms with Gasteiger partial charge in [-0.1, -0.05) is 110 Å².